The standard InChI is InChI=1S/C22H17N5O2S2/c1-28-18-9-7-15(8-10-18)20-24-25-22(27(20)17-5-3-2-4-6-17)31-14-19-23-21(29-26-19)16-11-12-30-13-16/h2-13H,14H2,1H3. The Bertz CT molecular complexity index is 1270. The molecule has 0 aliphatic heterocycles. The quantitative estimate of drug-likeness (QED) is 0.311. The average molecular weight is 448 g/mol. The summed E-state index contributed by atoms with van der Waals surface area (Å²) in [5, 5.41) is 17.7. The summed E-state index contributed by atoms with van der Waals surface area (Å²) in [5.74, 6) is 3.20. The molecule has 0 atom stereocenters. The molecule has 154 valence electrons. The van der Waals surface area contributed by atoms with Crippen LogP contribution in [0.3, 0.4) is 0 Å². The second-order valence-corrected chi connectivity index (χ2v) is 8.24. The van der Waals surface area contributed by atoms with Crippen LogP contribution < -0.4 is 4.74 Å². The molecule has 5 aromatic rings. The van der Waals surface area contributed by atoms with E-state index in [1.54, 1.807) is 18.4 Å². The molecule has 3 heterocycles. The van der Waals surface area contributed by atoms with Crippen molar-refractivity contribution in [2.24, 2.45) is 0 Å². The average Bonchev–Trinajstić information content (AvgIpc) is 3.59. The summed E-state index contributed by atoms with van der Waals surface area (Å²) >= 11 is 3.10. The minimum absolute atomic E-state index is 0.515. The van der Waals surface area contributed by atoms with Crippen molar-refractivity contribution in [3.8, 4) is 34.3 Å². The van der Waals surface area contributed by atoms with Gasteiger partial charge in [0.2, 0.25) is 0 Å². The van der Waals surface area contributed by atoms with Crippen molar-refractivity contribution in [1.29, 1.82) is 0 Å². The largest absolute Gasteiger partial charge is 0.497 e. The lowest BCUT2D eigenvalue weighted by molar-refractivity contribution is 0.415. The highest BCUT2D eigenvalue weighted by Gasteiger charge is 2.18. The smallest absolute Gasteiger partial charge is 0.258 e. The van der Waals surface area contributed by atoms with Gasteiger partial charge < -0.3 is 9.26 Å². The molecule has 0 saturated carbocycles. The summed E-state index contributed by atoms with van der Waals surface area (Å²) in [6.45, 7) is 0. The third kappa shape index (κ3) is 4.10. The van der Waals surface area contributed by atoms with E-state index in [4.69, 9.17) is 9.26 Å². The number of ether oxygens (including phenoxy) is 1. The Morgan fingerprint density at radius 3 is 2.58 bits per heavy atom. The Labute approximate surface area is 186 Å². The molecule has 9 heteroatoms. The molecule has 0 unspecified atom stereocenters. The van der Waals surface area contributed by atoms with Crippen LogP contribution in [0.25, 0.3) is 28.5 Å². The molecule has 0 fully saturated rings. The normalized spacial score (nSPS) is 11.0. The van der Waals surface area contributed by atoms with Crippen LogP contribution in [0.2, 0.25) is 0 Å². The number of nitrogens with zero attached hydrogens (tertiary/aromatic N) is 5. The van der Waals surface area contributed by atoms with E-state index in [0.29, 0.717) is 17.5 Å². The van der Waals surface area contributed by atoms with E-state index in [1.807, 2.05) is 76.0 Å². The molecule has 0 aliphatic rings. The van der Waals surface area contributed by atoms with E-state index in [0.717, 1.165) is 33.5 Å². The second-order valence-electron chi connectivity index (χ2n) is 6.52. The first-order valence-electron chi connectivity index (χ1n) is 9.45. The summed E-state index contributed by atoms with van der Waals surface area (Å²) in [7, 11) is 1.65. The zero-order valence-electron chi connectivity index (χ0n) is 16.5. The maximum absolute atomic E-state index is 5.39. The van der Waals surface area contributed by atoms with Crippen LogP contribution in [0.5, 0.6) is 5.75 Å². The minimum atomic E-state index is 0.515. The fourth-order valence-corrected chi connectivity index (χ4v) is 4.47. The summed E-state index contributed by atoms with van der Waals surface area (Å²) in [5.41, 5.74) is 2.86. The predicted molar refractivity (Wildman–Crippen MR) is 121 cm³/mol. The van der Waals surface area contributed by atoms with Crippen LogP contribution in [-0.2, 0) is 5.75 Å². The van der Waals surface area contributed by atoms with Gasteiger partial charge in [-0.2, -0.15) is 16.3 Å². The molecule has 0 bridgehead atoms. The number of aromatic nitrogens is 5. The first-order valence-corrected chi connectivity index (χ1v) is 11.4. The SMILES string of the molecule is COc1ccc(-c2nnc(SCc3noc(-c4ccsc4)n3)n2-c2ccccc2)cc1. The van der Waals surface area contributed by atoms with Crippen LogP contribution in [-0.4, -0.2) is 32.0 Å². The highest BCUT2D eigenvalue weighted by Crippen LogP contribution is 2.30. The lowest BCUT2D eigenvalue weighted by atomic mass is 10.2. The summed E-state index contributed by atoms with van der Waals surface area (Å²) in [6.07, 6.45) is 0. The van der Waals surface area contributed by atoms with Crippen LogP contribution in [0.1, 0.15) is 5.82 Å². The number of methoxy groups -OCH3 is 1. The Hall–Kier alpha value is -3.43. The number of thiophene rings is 1. The molecule has 0 radical (unpaired) electrons. The maximum Gasteiger partial charge on any atom is 0.258 e. The Kier molecular flexibility index (Phi) is 5.51. The van der Waals surface area contributed by atoms with E-state index >= 15 is 0 Å². The van der Waals surface area contributed by atoms with Gasteiger partial charge in [-0.3, -0.25) is 4.57 Å². The molecule has 5 rings (SSSR count). The molecule has 0 spiro atoms. The third-order valence-corrected chi connectivity index (χ3v) is 6.17. The van der Waals surface area contributed by atoms with Gasteiger partial charge in [-0.1, -0.05) is 35.1 Å². The van der Waals surface area contributed by atoms with Crippen molar-refractivity contribution in [2.45, 2.75) is 10.9 Å². The molecule has 0 saturated heterocycles. The zero-order valence-corrected chi connectivity index (χ0v) is 18.1. The molecular formula is C22H17N5O2S2. The Morgan fingerprint density at radius 1 is 1.00 bits per heavy atom. The topological polar surface area (TPSA) is 78.9 Å². The van der Waals surface area contributed by atoms with Gasteiger partial charge in [-0.25, -0.2) is 0 Å². The Morgan fingerprint density at radius 2 is 1.84 bits per heavy atom. The van der Waals surface area contributed by atoms with E-state index in [9.17, 15) is 0 Å². The highest BCUT2D eigenvalue weighted by atomic mass is 32.2. The van der Waals surface area contributed by atoms with Crippen LogP contribution >= 0.6 is 23.1 Å². The number of hydrogen-bond acceptors (Lipinski definition) is 8. The monoisotopic (exact) mass is 447 g/mol. The maximum atomic E-state index is 5.39. The molecule has 2 aromatic carbocycles. The van der Waals surface area contributed by atoms with E-state index in [2.05, 4.69) is 20.3 Å². The molecule has 31 heavy (non-hydrogen) atoms. The van der Waals surface area contributed by atoms with Gasteiger partial charge in [-0.05, 0) is 47.8 Å². The number of thioether (sulfide) groups is 1. The van der Waals surface area contributed by atoms with Crippen LogP contribution in [0, 0.1) is 0 Å². The van der Waals surface area contributed by atoms with Gasteiger partial charge in [0, 0.05) is 16.6 Å². The summed E-state index contributed by atoms with van der Waals surface area (Å²) in [6, 6.07) is 19.8. The van der Waals surface area contributed by atoms with Crippen molar-refractivity contribution < 1.29 is 9.26 Å². The first kappa shape index (κ1) is 19.5. The van der Waals surface area contributed by atoms with Gasteiger partial charge in [0.1, 0.15) is 5.75 Å². The zero-order chi connectivity index (χ0) is 21.0. The van der Waals surface area contributed by atoms with Gasteiger partial charge in [0.05, 0.1) is 18.4 Å². The highest BCUT2D eigenvalue weighted by molar-refractivity contribution is 7.98. The predicted octanol–water partition coefficient (Wildman–Crippen LogP) is 5.35. The third-order valence-electron chi connectivity index (χ3n) is 4.56. The van der Waals surface area contributed by atoms with Gasteiger partial charge in [-0.15, -0.1) is 10.2 Å². The number of rotatable bonds is 7. The minimum Gasteiger partial charge on any atom is -0.497 e. The van der Waals surface area contributed by atoms with E-state index < -0.39 is 0 Å². The van der Waals surface area contributed by atoms with Gasteiger partial charge >= 0.3 is 0 Å². The number of benzene rings is 2. The second kappa shape index (κ2) is 8.75. The first-order chi connectivity index (χ1) is 15.3. The van der Waals surface area contributed by atoms with Crippen LogP contribution in [0.4, 0.5) is 0 Å². The molecular weight excluding hydrogens is 430 g/mol. The fourth-order valence-electron chi connectivity index (χ4n) is 3.05. The lowest BCUT2D eigenvalue weighted by Crippen LogP contribution is -2.00. The number of hydrogen-bond donors (Lipinski definition) is 0. The summed E-state index contributed by atoms with van der Waals surface area (Å²) in [4.78, 5) is 4.49. The molecule has 0 aliphatic carbocycles. The van der Waals surface area contributed by atoms with Crippen molar-refractivity contribution in [2.75, 3.05) is 7.11 Å². The Balaban J connectivity index is 1.45. The van der Waals surface area contributed by atoms with Crippen molar-refractivity contribution in [3.63, 3.8) is 0 Å². The fraction of sp³-hybridized carbons (Fsp3) is 0.0909. The molecule has 7 nitrogen and oxygen atoms in total. The van der Waals surface area contributed by atoms with Gasteiger partial charge in [0.25, 0.3) is 5.89 Å². The molecule has 3 aromatic heterocycles. The van der Waals surface area contributed by atoms with Gasteiger partial charge in [0.15, 0.2) is 16.8 Å². The van der Waals surface area contributed by atoms with Crippen molar-refractivity contribution >= 4 is 23.1 Å². The van der Waals surface area contributed by atoms with E-state index in [1.165, 1.54) is 11.8 Å². The van der Waals surface area contributed by atoms with Crippen molar-refractivity contribution in [3.05, 3.63) is 77.2 Å². The molecule has 0 amide bonds. The molecule has 0 N–H and O–H groups in total. The lowest BCUT2D eigenvalue weighted by Gasteiger charge is -2.10. The number of para-hydroxylation sites is 1. The van der Waals surface area contributed by atoms with Crippen molar-refractivity contribution in [1.82, 2.24) is 24.9 Å². The van der Waals surface area contributed by atoms with Crippen LogP contribution in [0.15, 0.2) is 81.1 Å². The summed E-state index contributed by atoms with van der Waals surface area (Å²) < 4.78 is 12.7. The van der Waals surface area contributed by atoms with E-state index in [-0.39, 0.29) is 0 Å².